The van der Waals surface area contributed by atoms with Gasteiger partial charge in [-0.15, -0.1) is 11.3 Å². The van der Waals surface area contributed by atoms with Gasteiger partial charge in [0.05, 0.1) is 4.88 Å². The fraction of sp³-hybridized carbons (Fsp3) is 0.154. The molecule has 0 unspecified atom stereocenters. The first-order valence-corrected chi connectivity index (χ1v) is 6.37. The summed E-state index contributed by atoms with van der Waals surface area (Å²) in [6.45, 7) is 2.15. The Bertz CT molecular complexity index is 606. The molecular formula is C13H11NO3S. The van der Waals surface area contributed by atoms with Gasteiger partial charge in [0.2, 0.25) is 6.79 Å². The van der Waals surface area contributed by atoms with Gasteiger partial charge in [-0.3, -0.25) is 4.79 Å². The number of hydrogen-bond donors (Lipinski definition) is 1. The van der Waals surface area contributed by atoms with Gasteiger partial charge < -0.3 is 14.8 Å². The molecule has 0 bridgehead atoms. The molecule has 4 nitrogen and oxygen atoms in total. The zero-order valence-corrected chi connectivity index (χ0v) is 10.5. The molecule has 3 rings (SSSR count). The van der Waals surface area contributed by atoms with Gasteiger partial charge >= 0.3 is 0 Å². The molecule has 0 saturated carbocycles. The van der Waals surface area contributed by atoms with Crippen LogP contribution in [0.2, 0.25) is 0 Å². The molecule has 0 fully saturated rings. The van der Waals surface area contributed by atoms with Crippen LogP contribution in [0, 0.1) is 6.92 Å². The van der Waals surface area contributed by atoms with Crippen LogP contribution >= 0.6 is 11.3 Å². The van der Waals surface area contributed by atoms with E-state index in [-0.39, 0.29) is 12.7 Å². The topological polar surface area (TPSA) is 47.6 Å². The average molecular weight is 261 g/mol. The Balaban J connectivity index is 1.81. The van der Waals surface area contributed by atoms with Crippen molar-refractivity contribution in [2.24, 2.45) is 0 Å². The van der Waals surface area contributed by atoms with Gasteiger partial charge in [0, 0.05) is 11.8 Å². The minimum Gasteiger partial charge on any atom is -0.454 e. The number of nitrogens with one attached hydrogen (secondary N) is 1. The summed E-state index contributed by atoms with van der Waals surface area (Å²) in [5.74, 6) is 1.28. The zero-order valence-electron chi connectivity index (χ0n) is 9.73. The van der Waals surface area contributed by atoms with E-state index < -0.39 is 0 Å². The summed E-state index contributed by atoms with van der Waals surface area (Å²) in [6.07, 6.45) is 0. The molecule has 1 aliphatic rings. The molecule has 1 N–H and O–H groups in total. The van der Waals surface area contributed by atoms with Crippen molar-refractivity contribution in [3.05, 3.63) is 40.1 Å². The number of carbonyl (C=O) groups is 1. The minimum atomic E-state index is -0.0960. The molecule has 1 aromatic carbocycles. The Labute approximate surface area is 108 Å². The second-order valence-electron chi connectivity index (χ2n) is 3.95. The second-order valence-corrected chi connectivity index (χ2v) is 4.87. The van der Waals surface area contributed by atoms with Crippen LogP contribution < -0.4 is 14.8 Å². The summed E-state index contributed by atoms with van der Waals surface area (Å²) < 4.78 is 10.5. The van der Waals surface area contributed by atoms with Crippen LogP contribution in [0.15, 0.2) is 29.6 Å². The summed E-state index contributed by atoms with van der Waals surface area (Å²) >= 11 is 1.43. The molecule has 5 heteroatoms. The Kier molecular flexibility index (Phi) is 2.68. The summed E-state index contributed by atoms with van der Waals surface area (Å²) in [5.41, 5.74) is 1.69. The summed E-state index contributed by atoms with van der Waals surface area (Å²) in [5, 5.41) is 4.76. The van der Waals surface area contributed by atoms with Gasteiger partial charge in [-0.05, 0) is 36.1 Å². The molecular weight excluding hydrogens is 250 g/mol. The number of rotatable bonds is 2. The number of fused-ring (bicyclic) bond motifs is 1. The fourth-order valence-electron chi connectivity index (χ4n) is 1.77. The predicted molar refractivity (Wildman–Crippen MR) is 69.6 cm³/mol. The van der Waals surface area contributed by atoms with Crippen LogP contribution in [-0.2, 0) is 0 Å². The predicted octanol–water partition coefficient (Wildman–Crippen LogP) is 3.04. The first kappa shape index (κ1) is 11.1. The average Bonchev–Trinajstić information content (AvgIpc) is 2.96. The number of amides is 1. The molecule has 2 aromatic rings. The van der Waals surface area contributed by atoms with Crippen molar-refractivity contribution in [2.75, 3.05) is 12.1 Å². The fourth-order valence-corrected chi connectivity index (χ4v) is 2.59. The summed E-state index contributed by atoms with van der Waals surface area (Å²) in [4.78, 5) is 12.8. The van der Waals surface area contributed by atoms with Crippen molar-refractivity contribution in [2.45, 2.75) is 6.92 Å². The van der Waals surface area contributed by atoms with E-state index in [2.05, 4.69) is 5.32 Å². The SMILES string of the molecule is Cc1ccsc1C(=O)Nc1ccc2c(c1)OCO2. The monoisotopic (exact) mass is 261 g/mol. The van der Waals surface area contributed by atoms with Crippen molar-refractivity contribution >= 4 is 22.9 Å². The number of aryl methyl sites for hydroxylation is 1. The van der Waals surface area contributed by atoms with Crippen LogP contribution in [0.1, 0.15) is 15.2 Å². The van der Waals surface area contributed by atoms with Crippen molar-refractivity contribution in [3.63, 3.8) is 0 Å². The van der Waals surface area contributed by atoms with Gasteiger partial charge in [-0.2, -0.15) is 0 Å². The van der Waals surface area contributed by atoms with Crippen LogP contribution in [0.3, 0.4) is 0 Å². The maximum Gasteiger partial charge on any atom is 0.265 e. The Hall–Kier alpha value is -2.01. The largest absolute Gasteiger partial charge is 0.454 e. The van der Waals surface area contributed by atoms with Gasteiger partial charge in [-0.1, -0.05) is 0 Å². The van der Waals surface area contributed by atoms with E-state index in [1.165, 1.54) is 11.3 Å². The number of carbonyl (C=O) groups excluding carboxylic acids is 1. The third-order valence-corrected chi connectivity index (χ3v) is 3.71. The Morgan fingerprint density at radius 3 is 2.89 bits per heavy atom. The normalized spacial score (nSPS) is 12.5. The highest BCUT2D eigenvalue weighted by Crippen LogP contribution is 2.34. The van der Waals surface area contributed by atoms with E-state index in [0.29, 0.717) is 17.2 Å². The van der Waals surface area contributed by atoms with Crippen molar-refractivity contribution in [1.29, 1.82) is 0 Å². The molecule has 0 radical (unpaired) electrons. The minimum absolute atomic E-state index is 0.0960. The first-order valence-electron chi connectivity index (χ1n) is 5.49. The number of hydrogen-bond acceptors (Lipinski definition) is 4. The van der Waals surface area contributed by atoms with Gasteiger partial charge in [0.1, 0.15) is 0 Å². The first-order chi connectivity index (χ1) is 8.74. The number of benzene rings is 1. The van der Waals surface area contributed by atoms with Crippen molar-refractivity contribution in [1.82, 2.24) is 0 Å². The zero-order chi connectivity index (χ0) is 12.5. The molecule has 18 heavy (non-hydrogen) atoms. The lowest BCUT2D eigenvalue weighted by atomic mass is 10.2. The molecule has 0 spiro atoms. The molecule has 0 saturated heterocycles. The highest BCUT2D eigenvalue weighted by atomic mass is 32.1. The van der Waals surface area contributed by atoms with Crippen LogP contribution in [0.5, 0.6) is 11.5 Å². The molecule has 1 aliphatic heterocycles. The van der Waals surface area contributed by atoms with E-state index in [1.54, 1.807) is 18.2 Å². The molecule has 0 aliphatic carbocycles. The van der Waals surface area contributed by atoms with Crippen LogP contribution in [-0.4, -0.2) is 12.7 Å². The number of anilines is 1. The molecule has 0 atom stereocenters. The standard InChI is InChI=1S/C13H11NO3S/c1-8-4-5-18-12(8)13(15)14-9-2-3-10-11(6-9)17-7-16-10/h2-6H,7H2,1H3,(H,14,15). The smallest absolute Gasteiger partial charge is 0.265 e. The van der Waals surface area contributed by atoms with Gasteiger partial charge in [0.25, 0.3) is 5.91 Å². The Morgan fingerprint density at radius 1 is 1.28 bits per heavy atom. The maximum absolute atomic E-state index is 12.0. The van der Waals surface area contributed by atoms with E-state index in [1.807, 2.05) is 18.4 Å². The van der Waals surface area contributed by atoms with E-state index in [0.717, 1.165) is 10.4 Å². The number of thiophene rings is 1. The number of ether oxygens (including phenoxy) is 2. The molecule has 2 heterocycles. The van der Waals surface area contributed by atoms with Crippen LogP contribution in [0.4, 0.5) is 5.69 Å². The van der Waals surface area contributed by atoms with E-state index in [4.69, 9.17) is 9.47 Å². The molecule has 1 amide bonds. The lowest BCUT2D eigenvalue weighted by molar-refractivity contribution is 0.103. The molecule has 1 aromatic heterocycles. The van der Waals surface area contributed by atoms with Gasteiger partial charge in [-0.25, -0.2) is 0 Å². The lowest BCUT2D eigenvalue weighted by Crippen LogP contribution is -2.11. The van der Waals surface area contributed by atoms with Crippen molar-refractivity contribution in [3.8, 4) is 11.5 Å². The highest BCUT2D eigenvalue weighted by molar-refractivity contribution is 7.12. The Morgan fingerprint density at radius 2 is 2.11 bits per heavy atom. The van der Waals surface area contributed by atoms with E-state index in [9.17, 15) is 4.79 Å². The second kappa shape index (κ2) is 4.34. The third kappa shape index (κ3) is 1.93. The lowest BCUT2D eigenvalue weighted by Gasteiger charge is -2.05. The van der Waals surface area contributed by atoms with Gasteiger partial charge in [0.15, 0.2) is 11.5 Å². The summed E-state index contributed by atoms with van der Waals surface area (Å²) in [7, 11) is 0. The maximum atomic E-state index is 12.0. The highest BCUT2D eigenvalue weighted by Gasteiger charge is 2.15. The van der Waals surface area contributed by atoms with Crippen LogP contribution in [0.25, 0.3) is 0 Å². The quantitative estimate of drug-likeness (QED) is 0.903. The van der Waals surface area contributed by atoms with E-state index >= 15 is 0 Å². The third-order valence-electron chi connectivity index (χ3n) is 2.70. The van der Waals surface area contributed by atoms with Crippen molar-refractivity contribution < 1.29 is 14.3 Å². The molecule has 92 valence electrons. The summed E-state index contributed by atoms with van der Waals surface area (Å²) in [6, 6.07) is 7.29.